The molecule has 0 spiro atoms. The number of aliphatic hydroxyl groups is 5. The first-order valence-corrected chi connectivity index (χ1v) is 8.44. The Morgan fingerprint density at radius 3 is 2.50 bits per heavy atom. The molecule has 6 atom stereocenters. The van der Waals surface area contributed by atoms with Crippen LogP contribution in [0.5, 0.6) is 0 Å². The molecule has 1 heterocycles. The van der Waals surface area contributed by atoms with Crippen molar-refractivity contribution in [2.24, 2.45) is 0 Å². The lowest BCUT2D eigenvalue weighted by atomic mass is 9.89. The smallest absolute Gasteiger partial charge is 0.407 e. The van der Waals surface area contributed by atoms with Gasteiger partial charge in [0.25, 0.3) is 5.79 Å². The Bertz CT molecular complexity index is 671. The lowest BCUT2D eigenvalue weighted by molar-refractivity contribution is -0.294. The number of rotatable bonds is 7. The molecule has 1 saturated heterocycles. The normalized spacial score (nSPS) is 29.5. The summed E-state index contributed by atoms with van der Waals surface area (Å²) in [7, 11) is 0. The van der Waals surface area contributed by atoms with E-state index >= 15 is 0 Å². The Labute approximate surface area is 159 Å². The largest absolute Gasteiger partial charge is 0.477 e. The van der Waals surface area contributed by atoms with Gasteiger partial charge in [-0.25, -0.2) is 9.59 Å². The van der Waals surface area contributed by atoms with Gasteiger partial charge in [-0.2, -0.15) is 0 Å². The van der Waals surface area contributed by atoms with E-state index < -0.39 is 61.3 Å². The highest BCUT2D eigenvalue weighted by molar-refractivity contribution is 5.75. The third-order valence-electron chi connectivity index (χ3n) is 4.33. The number of amides is 1. The van der Waals surface area contributed by atoms with Gasteiger partial charge in [0.2, 0.25) is 0 Å². The molecule has 0 bridgehead atoms. The zero-order valence-corrected chi connectivity index (χ0v) is 14.7. The zero-order chi connectivity index (χ0) is 20.9. The minimum atomic E-state index is -2.85. The maximum absolute atomic E-state index is 12.1. The van der Waals surface area contributed by atoms with Crippen molar-refractivity contribution in [3.05, 3.63) is 35.9 Å². The molecule has 11 nitrogen and oxygen atoms in total. The number of carbonyl (C=O) groups excluding carboxylic acids is 1. The number of ether oxygens (including phenoxy) is 2. The van der Waals surface area contributed by atoms with Gasteiger partial charge in [0.1, 0.15) is 24.9 Å². The first-order chi connectivity index (χ1) is 13.2. The Kier molecular flexibility index (Phi) is 7.29. The predicted octanol–water partition coefficient (Wildman–Crippen LogP) is -2.08. The van der Waals surface area contributed by atoms with Crippen LogP contribution in [-0.4, -0.2) is 85.6 Å². The molecule has 1 fully saturated rings. The van der Waals surface area contributed by atoms with E-state index in [1.54, 1.807) is 30.3 Å². The van der Waals surface area contributed by atoms with Crippen molar-refractivity contribution in [1.29, 1.82) is 0 Å². The molecule has 1 aromatic carbocycles. The van der Waals surface area contributed by atoms with E-state index in [0.717, 1.165) is 0 Å². The van der Waals surface area contributed by atoms with Gasteiger partial charge in [0.15, 0.2) is 0 Å². The van der Waals surface area contributed by atoms with Gasteiger partial charge in [-0.15, -0.1) is 0 Å². The standard InChI is InChI=1S/C17H23NO10/c19-7-11(21)13(22)14-12(10(20)6-17(26,28-14)15(23)24)18-16(25)27-8-9-4-2-1-3-5-9/h1-5,10-14,19-22,26H,6-8H2,(H,18,25)(H,23,24)/t10-,11+,12+,13+,14+,17?/m0/s1. The van der Waals surface area contributed by atoms with Crippen molar-refractivity contribution < 1.29 is 49.7 Å². The van der Waals surface area contributed by atoms with Crippen LogP contribution in [0, 0.1) is 0 Å². The molecule has 1 aromatic rings. The summed E-state index contributed by atoms with van der Waals surface area (Å²) in [6.45, 7) is -1.00. The average molecular weight is 401 g/mol. The second-order valence-electron chi connectivity index (χ2n) is 6.42. The summed E-state index contributed by atoms with van der Waals surface area (Å²) in [6.07, 6.45) is -8.94. The maximum atomic E-state index is 12.1. The van der Waals surface area contributed by atoms with Crippen LogP contribution in [-0.2, 0) is 20.9 Å². The first-order valence-electron chi connectivity index (χ1n) is 8.44. The van der Waals surface area contributed by atoms with Crippen LogP contribution in [0.1, 0.15) is 12.0 Å². The second kappa shape index (κ2) is 9.28. The molecule has 1 unspecified atom stereocenters. The Morgan fingerprint density at radius 2 is 1.93 bits per heavy atom. The molecular formula is C17H23NO10. The molecule has 7 N–H and O–H groups in total. The lowest BCUT2D eigenvalue weighted by Gasteiger charge is -2.44. The number of nitrogens with one attached hydrogen (secondary N) is 1. The van der Waals surface area contributed by atoms with E-state index in [4.69, 9.17) is 19.7 Å². The van der Waals surface area contributed by atoms with Crippen molar-refractivity contribution in [2.75, 3.05) is 6.61 Å². The average Bonchev–Trinajstić information content (AvgIpc) is 2.67. The highest BCUT2D eigenvalue weighted by atomic mass is 16.7. The van der Waals surface area contributed by atoms with Crippen LogP contribution >= 0.6 is 0 Å². The summed E-state index contributed by atoms with van der Waals surface area (Å²) in [5.41, 5.74) is 0.686. The molecular weight excluding hydrogens is 378 g/mol. The van der Waals surface area contributed by atoms with Gasteiger partial charge in [-0.05, 0) is 5.56 Å². The Hall–Kier alpha value is -2.28. The molecule has 2 rings (SSSR count). The summed E-state index contributed by atoms with van der Waals surface area (Å²) in [6, 6.07) is 7.25. The molecule has 0 radical (unpaired) electrons. The van der Waals surface area contributed by atoms with E-state index in [2.05, 4.69) is 5.32 Å². The topological polar surface area (TPSA) is 186 Å². The van der Waals surface area contributed by atoms with Crippen LogP contribution in [0.25, 0.3) is 0 Å². The highest BCUT2D eigenvalue weighted by Gasteiger charge is 2.54. The molecule has 0 aliphatic carbocycles. The fraction of sp³-hybridized carbons (Fsp3) is 0.529. The van der Waals surface area contributed by atoms with E-state index in [-0.39, 0.29) is 6.61 Å². The van der Waals surface area contributed by atoms with Gasteiger partial charge < -0.3 is 45.4 Å². The second-order valence-corrected chi connectivity index (χ2v) is 6.42. The van der Waals surface area contributed by atoms with Gasteiger partial charge >= 0.3 is 12.1 Å². The van der Waals surface area contributed by atoms with E-state index in [1.807, 2.05) is 0 Å². The number of aliphatic carboxylic acids is 1. The number of carboxylic acids is 1. The maximum Gasteiger partial charge on any atom is 0.407 e. The molecule has 156 valence electrons. The highest BCUT2D eigenvalue weighted by Crippen LogP contribution is 2.30. The van der Waals surface area contributed by atoms with Crippen molar-refractivity contribution >= 4 is 12.1 Å². The van der Waals surface area contributed by atoms with Crippen LogP contribution in [0.3, 0.4) is 0 Å². The third kappa shape index (κ3) is 5.16. The van der Waals surface area contributed by atoms with Gasteiger partial charge in [-0.1, -0.05) is 30.3 Å². The number of alkyl carbamates (subject to hydrolysis) is 1. The molecule has 28 heavy (non-hydrogen) atoms. The van der Waals surface area contributed by atoms with Crippen LogP contribution in [0.4, 0.5) is 4.79 Å². The Balaban J connectivity index is 2.11. The van der Waals surface area contributed by atoms with Crippen LogP contribution in [0.15, 0.2) is 30.3 Å². The number of hydrogen-bond acceptors (Lipinski definition) is 9. The summed E-state index contributed by atoms with van der Waals surface area (Å²) >= 11 is 0. The monoisotopic (exact) mass is 401 g/mol. The van der Waals surface area contributed by atoms with Crippen molar-refractivity contribution in [2.45, 2.75) is 49.3 Å². The minimum absolute atomic E-state index is 0.0953. The zero-order valence-electron chi connectivity index (χ0n) is 14.7. The lowest BCUT2D eigenvalue weighted by Crippen LogP contribution is -2.67. The number of hydrogen-bond donors (Lipinski definition) is 7. The molecule has 1 aliphatic heterocycles. The molecule has 11 heteroatoms. The van der Waals surface area contributed by atoms with Crippen LogP contribution in [0.2, 0.25) is 0 Å². The number of benzene rings is 1. The minimum Gasteiger partial charge on any atom is -0.477 e. The third-order valence-corrected chi connectivity index (χ3v) is 4.33. The number of carbonyl (C=O) groups is 2. The van der Waals surface area contributed by atoms with Crippen molar-refractivity contribution in [3.8, 4) is 0 Å². The fourth-order valence-electron chi connectivity index (χ4n) is 2.80. The van der Waals surface area contributed by atoms with Gasteiger partial charge in [0, 0.05) is 6.42 Å². The summed E-state index contributed by atoms with van der Waals surface area (Å²) < 4.78 is 9.98. The number of carboxylic acid groups (broad SMARTS) is 1. The van der Waals surface area contributed by atoms with Crippen molar-refractivity contribution in [1.82, 2.24) is 5.32 Å². The fourth-order valence-corrected chi connectivity index (χ4v) is 2.80. The van der Waals surface area contributed by atoms with Crippen LogP contribution < -0.4 is 5.32 Å². The molecule has 1 aliphatic rings. The van der Waals surface area contributed by atoms with E-state index in [0.29, 0.717) is 5.56 Å². The van der Waals surface area contributed by atoms with Gasteiger partial charge in [-0.3, -0.25) is 0 Å². The first kappa shape index (κ1) is 22.0. The predicted molar refractivity (Wildman–Crippen MR) is 90.7 cm³/mol. The Morgan fingerprint density at radius 1 is 1.29 bits per heavy atom. The molecule has 0 saturated carbocycles. The summed E-state index contributed by atoms with van der Waals surface area (Å²) in [5.74, 6) is -4.68. The summed E-state index contributed by atoms with van der Waals surface area (Å²) in [4.78, 5) is 23.3. The van der Waals surface area contributed by atoms with E-state index in [9.17, 15) is 30.0 Å². The van der Waals surface area contributed by atoms with Crippen molar-refractivity contribution in [3.63, 3.8) is 0 Å². The summed E-state index contributed by atoms with van der Waals surface area (Å²) in [5, 5.41) is 60.3. The SMILES string of the molecule is O=C(N[C@H]1[C@H]([C@H](O)[C@H](O)CO)OC(O)(C(=O)O)C[C@@H]1O)OCc1ccccc1. The van der Waals surface area contributed by atoms with E-state index in [1.165, 1.54) is 0 Å². The number of aliphatic hydroxyl groups excluding tert-OH is 4. The quantitative estimate of drug-likeness (QED) is 0.267. The van der Waals surface area contributed by atoms with Gasteiger partial charge in [0.05, 0.1) is 18.8 Å². The molecule has 1 amide bonds. The molecule has 0 aromatic heterocycles.